The molecule has 0 aliphatic heterocycles. The number of benzene rings is 3. The Bertz CT molecular complexity index is 1020. The molecule has 0 spiro atoms. The van der Waals surface area contributed by atoms with Crippen LogP contribution in [0.3, 0.4) is 0 Å². The van der Waals surface area contributed by atoms with Crippen molar-refractivity contribution in [1.29, 1.82) is 0 Å². The second-order valence-electron chi connectivity index (χ2n) is 9.47. The van der Waals surface area contributed by atoms with Gasteiger partial charge >= 0.3 is 0 Å². The van der Waals surface area contributed by atoms with Crippen molar-refractivity contribution in [1.82, 2.24) is 5.32 Å². The standard InChI is InChI=1S/C31H41Cl2NO/c1-2-3-4-5-6-7-8-9-10-13-22-35-31-19-17-26(27-14-11-12-15-28(27)31)24-34-21-20-25-16-18-29(32)30(33)23-25/h11-12,14-19,23,34H,2-10,13,20-22,24H2,1H3. The topological polar surface area (TPSA) is 21.3 Å². The van der Waals surface area contributed by atoms with Gasteiger partial charge in [-0.15, -0.1) is 0 Å². The summed E-state index contributed by atoms with van der Waals surface area (Å²) >= 11 is 12.1. The molecule has 2 nitrogen and oxygen atoms in total. The molecule has 0 saturated heterocycles. The van der Waals surface area contributed by atoms with E-state index in [1.807, 2.05) is 18.2 Å². The van der Waals surface area contributed by atoms with Crippen LogP contribution < -0.4 is 10.1 Å². The van der Waals surface area contributed by atoms with Gasteiger partial charge in [0.05, 0.1) is 16.7 Å². The van der Waals surface area contributed by atoms with E-state index in [1.165, 1.54) is 79.7 Å². The van der Waals surface area contributed by atoms with Crippen LogP contribution in [0, 0.1) is 0 Å². The lowest BCUT2D eigenvalue weighted by molar-refractivity contribution is 0.307. The van der Waals surface area contributed by atoms with Crippen LogP contribution >= 0.6 is 23.2 Å². The van der Waals surface area contributed by atoms with Crippen molar-refractivity contribution in [3.63, 3.8) is 0 Å². The van der Waals surface area contributed by atoms with E-state index >= 15 is 0 Å². The zero-order valence-corrected chi connectivity index (χ0v) is 22.8. The zero-order chi connectivity index (χ0) is 24.7. The van der Waals surface area contributed by atoms with Gasteiger partial charge in [-0.25, -0.2) is 0 Å². The molecular formula is C31H41Cl2NO. The second-order valence-corrected chi connectivity index (χ2v) is 10.3. The Morgan fingerprint density at radius 3 is 2.11 bits per heavy atom. The molecular weight excluding hydrogens is 473 g/mol. The van der Waals surface area contributed by atoms with Crippen LogP contribution in [-0.2, 0) is 13.0 Å². The Morgan fingerprint density at radius 2 is 1.40 bits per heavy atom. The Kier molecular flexibility index (Phi) is 12.8. The minimum atomic E-state index is 0.602. The van der Waals surface area contributed by atoms with Crippen LogP contribution in [0.15, 0.2) is 54.6 Å². The molecule has 0 radical (unpaired) electrons. The normalized spacial score (nSPS) is 11.3. The fourth-order valence-electron chi connectivity index (χ4n) is 4.54. The number of nitrogens with one attached hydrogen (secondary N) is 1. The van der Waals surface area contributed by atoms with Crippen LogP contribution in [0.25, 0.3) is 10.8 Å². The lowest BCUT2D eigenvalue weighted by atomic mass is 10.0. The molecule has 4 heteroatoms. The third-order valence-corrected chi connectivity index (χ3v) is 7.36. The molecule has 0 aliphatic carbocycles. The number of rotatable bonds is 17. The van der Waals surface area contributed by atoms with E-state index in [-0.39, 0.29) is 0 Å². The zero-order valence-electron chi connectivity index (χ0n) is 21.3. The summed E-state index contributed by atoms with van der Waals surface area (Å²) in [5, 5.41) is 7.24. The highest BCUT2D eigenvalue weighted by atomic mass is 35.5. The van der Waals surface area contributed by atoms with E-state index in [0.717, 1.165) is 38.3 Å². The van der Waals surface area contributed by atoms with Gasteiger partial charge in [-0.2, -0.15) is 0 Å². The molecule has 0 aromatic heterocycles. The Morgan fingerprint density at radius 1 is 0.714 bits per heavy atom. The van der Waals surface area contributed by atoms with Crippen LogP contribution in [-0.4, -0.2) is 13.2 Å². The van der Waals surface area contributed by atoms with E-state index in [0.29, 0.717) is 10.0 Å². The maximum absolute atomic E-state index is 6.21. The van der Waals surface area contributed by atoms with Gasteiger partial charge in [0.15, 0.2) is 0 Å². The number of ether oxygens (including phenoxy) is 1. The number of halogens is 2. The highest BCUT2D eigenvalue weighted by Crippen LogP contribution is 2.29. The lowest BCUT2D eigenvalue weighted by Crippen LogP contribution is -2.17. The summed E-state index contributed by atoms with van der Waals surface area (Å²) in [7, 11) is 0. The minimum absolute atomic E-state index is 0.602. The minimum Gasteiger partial charge on any atom is -0.493 e. The van der Waals surface area contributed by atoms with Crippen molar-refractivity contribution in [3.05, 3.63) is 75.8 Å². The van der Waals surface area contributed by atoms with E-state index in [2.05, 4.69) is 48.6 Å². The maximum atomic E-state index is 6.21. The summed E-state index contributed by atoms with van der Waals surface area (Å²) < 4.78 is 6.21. The molecule has 0 aliphatic rings. The molecule has 3 aromatic carbocycles. The molecule has 190 valence electrons. The first-order chi connectivity index (χ1) is 17.2. The number of unbranched alkanes of at least 4 members (excludes halogenated alkanes) is 9. The summed E-state index contributed by atoms with van der Waals surface area (Å²) in [5.74, 6) is 0.996. The Balaban J connectivity index is 1.39. The van der Waals surface area contributed by atoms with Gasteiger partial charge < -0.3 is 10.1 Å². The predicted molar refractivity (Wildman–Crippen MR) is 153 cm³/mol. The van der Waals surface area contributed by atoms with Crippen LogP contribution in [0.4, 0.5) is 0 Å². The highest BCUT2D eigenvalue weighted by Gasteiger charge is 2.07. The average Bonchev–Trinajstić information content (AvgIpc) is 2.88. The summed E-state index contributed by atoms with van der Waals surface area (Å²) in [6.07, 6.45) is 14.3. The first kappa shape index (κ1) is 27.8. The van der Waals surface area contributed by atoms with Crippen LogP contribution in [0.1, 0.15) is 82.3 Å². The molecule has 3 aromatic rings. The molecule has 0 amide bonds. The van der Waals surface area contributed by atoms with Crippen molar-refractivity contribution < 1.29 is 4.74 Å². The Hall–Kier alpha value is -1.74. The molecule has 1 N–H and O–H groups in total. The van der Waals surface area contributed by atoms with Gasteiger partial charge in [0, 0.05) is 11.9 Å². The third kappa shape index (κ3) is 9.67. The maximum Gasteiger partial charge on any atom is 0.127 e. The summed E-state index contributed by atoms with van der Waals surface area (Å²) in [4.78, 5) is 0. The fraction of sp³-hybridized carbons (Fsp3) is 0.484. The van der Waals surface area contributed by atoms with Crippen molar-refractivity contribution >= 4 is 34.0 Å². The van der Waals surface area contributed by atoms with Crippen LogP contribution in [0.5, 0.6) is 5.75 Å². The first-order valence-corrected chi connectivity index (χ1v) is 14.2. The second kappa shape index (κ2) is 16.1. The van der Waals surface area contributed by atoms with Gasteiger partial charge in [0.1, 0.15) is 5.75 Å². The predicted octanol–water partition coefficient (Wildman–Crippen LogP) is 9.78. The molecule has 3 rings (SSSR count). The number of fused-ring (bicyclic) bond motifs is 1. The lowest BCUT2D eigenvalue weighted by Gasteiger charge is -2.13. The molecule has 0 saturated carbocycles. The molecule has 0 bridgehead atoms. The van der Waals surface area contributed by atoms with Crippen molar-refractivity contribution in [2.24, 2.45) is 0 Å². The Labute approximate surface area is 222 Å². The molecule has 0 heterocycles. The number of hydrogen-bond donors (Lipinski definition) is 1. The smallest absolute Gasteiger partial charge is 0.127 e. The quantitative estimate of drug-likeness (QED) is 0.181. The van der Waals surface area contributed by atoms with Crippen molar-refractivity contribution in [2.75, 3.05) is 13.2 Å². The monoisotopic (exact) mass is 513 g/mol. The summed E-state index contributed by atoms with van der Waals surface area (Å²) in [5.41, 5.74) is 2.48. The molecule has 35 heavy (non-hydrogen) atoms. The summed E-state index contributed by atoms with van der Waals surface area (Å²) in [6.45, 7) is 4.77. The van der Waals surface area contributed by atoms with Gasteiger partial charge in [0.2, 0.25) is 0 Å². The van der Waals surface area contributed by atoms with Crippen molar-refractivity contribution in [3.8, 4) is 5.75 Å². The highest BCUT2D eigenvalue weighted by molar-refractivity contribution is 6.42. The molecule has 0 atom stereocenters. The van der Waals surface area contributed by atoms with E-state index in [1.54, 1.807) is 0 Å². The summed E-state index contributed by atoms with van der Waals surface area (Å²) in [6, 6.07) is 18.7. The SMILES string of the molecule is CCCCCCCCCCCCOc1ccc(CNCCc2ccc(Cl)c(Cl)c2)c2ccccc12. The van der Waals surface area contributed by atoms with Crippen LogP contribution in [0.2, 0.25) is 10.0 Å². The average molecular weight is 515 g/mol. The van der Waals surface area contributed by atoms with Gasteiger partial charge in [-0.1, -0.05) is 124 Å². The first-order valence-electron chi connectivity index (χ1n) is 13.5. The largest absolute Gasteiger partial charge is 0.493 e. The van der Waals surface area contributed by atoms with E-state index in [9.17, 15) is 0 Å². The van der Waals surface area contributed by atoms with Gasteiger partial charge in [0.25, 0.3) is 0 Å². The van der Waals surface area contributed by atoms with Gasteiger partial charge in [-0.05, 0) is 54.1 Å². The van der Waals surface area contributed by atoms with Crippen molar-refractivity contribution in [2.45, 2.75) is 84.1 Å². The van der Waals surface area contributed by atoms with E-state index < -0.39 is 0 Å². The molecule has 0 unspecified atom stereocenters. The van der Waals surface area contributed by atoms with Gasteiger partial charge in [-0.3, -0.25) is 0 Å². The van der Waals surface area contributed by atoms with E-state index in [4.69, 9.17) is 27.9 Å². The number of hydrogen-bond acceptors (Lipinski definition) is 2. The fourth-order valence-corrected chi connectivity index (χ4v) is 4.86. The molecule has 0 fully saturated rings. The third-order valence-electron chi connectivity index (χ3n) is 6.62.